The Balaban J connectivity index is 2.16. The molecule has 23 heavy (non-hydrogen) atoms. The number of methoxy groups -OCH3 is 1. The van der Waals surface area contributed by atoms with Crippen molar-refractivity contribution >= 4 is 34.5 Å². The number of anilines is 1. The molecule has 1 aromatic rings. The molecule has 1 aromatic carbocycles. The second-order valence-electron chi connectivity index (χ2n) is 4.50. The summed E-state index contributed by atoms with van der Waals surface area (Å²) in [5.41, 5.74) is -1.16. The van der Waals surface area contributed by atoms with Crippen LogP contribution in [-0.4, -0.2) is 41.4 Å². The minimum absolute atomic E-state index is 0.0276. The first-order valence-corrected chi connectivity index (χ1v) is 7.23. The van der Waals surface area contributed by atoms with E-state index in [0.29, 0.717) is 0 Å². The lowest BCUT2D eigenvalue weighted by molar-refractivity contribution is -0.137. The summed E-state index contributed by atoms with van der Waals surface area (Å²) in [5.74, 6) is -1.35. The Morgan fingerprint density at radius 2 is 2.09 bits per heavy atom. The van der Waals surface area contributed by atoms with Gasteiger partial charge in [0, 0.05) is 0 Å². The van der Waals surface area contributed by atoms with E-state index in [-0.39, 0.29) is 17.2 Å². The van der Waals surface area contributed by atoms with E-state index in [0.717, 1.165) is 34.9 Å². The molecule has 0 aromatic heterocycles. The van der Waals surface area contributed by atoms with Crippen molar-refractivity contribution in [3.8, 4) is 5.75 Å². The van der Waals surface area contributed by atoms with Crippen molar-refractivity contribution in [1.82, 2.24) is 4.90 Å². The van der Waals surface area contributed by atoms with Crippen molar-refractivity contribution in [3.63, 3.8) is 0 Å². The summed E-state index contributed by atoms with van der Waals surface area (Å²) in [6.45, 7) is -0.565. The Kier molecular flexibility index (Phi) is 4.83. The number of hydrogen-bond donors (Lipinski definition) is 1. The maximum absolute atomic E-state index is 12.7. The fourth-order valence-electron chi connectivity index (χ4n) is 1.85. The van der Waals surface area contributed by atoms with E-state index in [4.69, 9.17) is 4.74 Å². The summed E-state index contributed by atoms with van der Waals surface area (Å²) >= 11 is 0.759. The molecule has 0 saturated carbocycles. The molecule has 0 spiro atoms. The predicted octanol–water partition coefficient (Wildman–Crippen LogP) is 2.35. The van der Waals surface area contributed by atoms with Crippen LogP contribution in [0.4, 0.5) is 23.7 Å². The number of carbonyl (C=O) groups is 3. The Morgan fingerprint density at radius 3 is 2.61 bits per heavy atom. The fourth-order valence-corrected chi connectivity index (χ4v) is 2.57. The largest absolute Gasteiger partial charge is 0.495 e. The van der Waals surface area contributed by atoms with Gasteiger partial charge in [0.05, 0.1) is 24.1 Å². The van der Waals surface area contributed by atoms with Gasteiger partial charge in [0.2, 0.25) is 11.8 Å². The van der Waals surface area contributed by atoms with Crippen LogP contribution in [0.3, 0.4) is 0 Å². The molecule has 1 heterocycles. The average molecular weight is 348 g/mol. The molecule has 1 N–H and O–H groups in total. The van der Waals surface area contributed by atoms with E-state index in [1.807, 2.05) is 0 Å². The van der Waals surface area contributed by atoms with E-state index < -0.39 is 35.3 Å². The van der Waals surface area contributed by atoms with Crippen molar-refractivity contribution in [2.45, 2.75) is 6.18 Å². The van der Waals surface area contributed by atoms with Gasteiger partial charge in [0.15, 0.2) is 0 Å². The van der Waals surface area contributed by atoms with Crippen LogP contribution < -0.4 is 10.1 Å². The Morgan fingerprint density at radius 1 is 1.39 bits per heavy atom. The summed E-state index contributed by atoms with van der Waals surface area (Å²) < 4.78 is 43.0. The summed E-state index contributed by atoms with van der Waals surface area (Å²) in [6, 6.07) is 2.61. The van der Waals surface area contributed by atoms with Gasteiger partial charge in [0.1, 0.15) is 12.3 Å². The second kappa shape index (κ2) is 6.49. The number of nitrogens with zero attached hydrogens (tertiary/aromatic N) is 1. The highest BCUT2D eigenvalue weighted by molar-refractivity contribution is 8.14. The number of nitrogens with one attached hydrogen (secondary N) is 1. The van der Waals surface area contributed by atoms with Gasteiger partial charge in [-0.1, -0.05) is 11.8 Å². The fraction of sp³-hybridized carbons (Fsp3) is 0.308. The van der Waals surface area contributed by atoms with Crippen LogP contribution in [0.15, 0.2) is 18.2 Å². The number of amides is 3. The highest BCUT2D eigenvalue weighted by atomic mass is 32.2. The summed E-state index contributed by atoms with van der Waals surface area (Å²) in [4.78, 5) is 35.4. The van der Waals surface area contributed by atoms with Gasteiger partial charge < -0.3 is 10.1 Å². The lowest BCUT2D eigenvalue weighted by Gasteiger charge is -2.16. The average Bonchev–Trinajstić information content (AvgIpc) is 2.78. The van der Waals surface area contributed by atoms with E-state index in [2.05, 4.69) is 5.32 Å². The quantitative estimate of drug-likeness (QED) is 0.904. The first-order chi connectivity index (χ1) is 10.7. The molecule has 10 heteroatoms. The second-order valence-corrected chi connectivity index (χ2v) is 5.42. The van der Waals surface area contributed by atoms with E-state index in [9.17, 15) is 27.6 Å². The van der Waals surface area contributed by atoms with Gasteiger partial charge >= 0.3 is 6.18 Å². The molecule has 0 radical (unpaired) electrons. The first-order valence-electron chi connectivity index (χ1n) is 6.24. The Bertz CT molecular complexity index is 647. The number of carbonyl (C=O) groups excluding carboxylic acids is 3. The van der Waals surface area contributed by atoms with Crippen molar-refractivity contribution in [3.05, 3.63) is 23.8 Å². The maximum Gasteiger partial charge on any atom is 0.416 e. The normalized spacial score (nSPS) is 15.0. The van der Waals surface area contributed by atoms with Gasteiger partial charge in [-0.3, -0.25) is 19.3 Å². The smallest absolute Gasteiger partial charge is 0.416 e. The molecule has 0 unspecified atom stereocenters. The highest BCUT2D eigenvalue weighted by Gasteiger charge is 2.33. The molecule has 6 nitrogen and oxygen atoms in total. The van der Waals surface area contributed by atoms with Crippen LogP contribution >= 0.6 is 11.8 Å². The molecule has 0 bridgehead atoms. The molecule has 0 atom stereocenters. The van der Waals surface area contributed by atoms with Crippen LogP contribution in [0.5, 0.6) is 5.75 Å². The Hall–Kier alpha value is -2.23. The van der Waals surface area contributed by atoms with Crippen LogP contribution in [0.1, 0.15) is 5.56 Å². The molecule has 0 aliphatic carbocycles. The third kappa shape index (κ3) is 3.95. The molecule has 1 aliphatic heterocycles. The SMILES string of the molecule is COc1ccc(C(F)(F)F)cc1NC(=O)CN1C(=O)CSC1=O. The lowest BCUT2D eigenvalue weighted by atomic mass is 10.1. The maximum atomic E-state index is 12.7. The third-order valence-corrected chi connectivity index (χ3v) is 3.80. The standard InChI is InChI=1S/C13H11F3N2O4S/c1-22-9-3-2-7(13(14,15)16)4-8(9)17-10(19)5-18-11(20)6-23-12(18)21/h2-4H,5-6H2,1H3,(H,17,19). The lowest BCUT2D eigenvalue weighted by Crippen LogP contribution is -2.36. The van der Waals surface area contributed by atoms with Gasteiger partial charge in [-0.05, 0) is 18.2 Å². The molecule has 1 aliphatic rings. The number of rotatable bonds is 4. The summed E-state index contributed by atoms with van der Waals surface area (Å²) in [7, 11) is 1.24. The zero-order valence-corrected chi connectivity index (χ0v) is 12.6. The first kappa shape index (κ1) is 17.1. The molecule has 1 fully saturated rings. The number of halogens is 3. The molecule has 1 saturated heterocycles. The molecular formula is C13H11F3N2O4S. The minimum Gasteiger partial charge on any atom is -0.495 e. The van der Waals surface area contributed by atoms with Crippen molar-refractivity contribution in [2.24, 2.45) is 0 Å². The number of thioether (sulfide) groups is 1. The number of alkyl halides is 3. The molecule has 124 valence electrons. The zero-order chi connectivity index (χ0) is 17.2. The van der Waals surface area contributed by atoms with Crippen LogP contribution in [0.25, 0.3) is 0 Å². The predicted molar refractivity (Wildman–Crippen MR) is 76.2 cm³/mol. The monoisotopic (exact) mass is 348 g/mol. The van der Waals surface area contributed by atoms with E-state index in [1.165, 1.54) is 7.11 Å². The number of hydrogen-bond acceptors (Lipinski definition) is 5. The highest BCUT2D eigenvalue weighted by Crippen LogP contribution is 2.35. The minimum atomic E-state index is -4.58. The van der Waals surface area contributed by atoms with Gasteiger partial charge in [0.25, 0.3) is 5.24 Å². The van der Waals surface area contributed by atoms with Crippen LogP contribution in [-0.2, 0) is 15.8 Å². The molecular weight excluding hydrogens is 337 g/mol. The van der Waals surface area contributed by atoms with E-state index in [1.54, 1.807) is 0 Å². The van der Waals surface area contributed by atoms with Crippen molar-refractivity contribution in [1.29, 1.82) is 0 Å². The van der Waals surface area contributed by atoms with Crippen molar-refractivity contribution < 1.29 is 32.3 Å². The van der Waals surface area contributed by atoms with E-state index >= 15 is 0 Å². The summed E-state index contributed by atoms with van der Waals surface area (Å²) in [6.07, 6.45) is -4.58. The molecule has 3 amide bonds. The number of imide groups is 1. The summed E-state index contributed by atoms with van der Waals surface area (Å²) in [5, 5.41) is 1.65. The third-order valence-electron chi connectivity index (χ3n) is 2.94. The van der Waals surface area contributed by atoms with Crippen molar-refractivity contribution in [2.75, 3.05) is 24.7 Å². The van der Waals surface area contributed by atoms with Gasteiger partial charge in [-0.15, -0.1) is 0 Å². The number of ether oxygens (including phenoxy) is 1. The van der Waals surface area contributed by atoms with Gasteiger partial charge in [-0.25, -0.2) is 0 Å². The van der Waals surface area contributed by atoms with Crippen LogP contribution in [0, 0.1) is 0 Å². The number of benzene rings is 1. The van der Waals surface area contributed by atoms with Crippen LogP contribution in [0.2, 0.25) is 0 Å². The van der Waals surface area contributed by atoms with Gasteiger partial charge in [-0.2, -0.15) is 13.2 Å². The zero-order valence-electron chi connectivity index (χ0n) is 11.8. The molecule has 2 rings (SSSR count). The Labute approximate surface area is 133 Å². The topological polar surface area (TPSA) is 75.7 Å².